The first-order chi connectivity index (χ1) is 35.5. The Balaban J connectivity index is 1.36. The van der Waals surface area contributed by atoms with E-state index in [-0.39, 0.29) is 34.8 Å². The Morgan fingerprint density at radius 1 is 0.466 bits per heavy atom. The summed E-state index contributed by atoms with van der Waals surface area (Å²) < 4.78 is 12.5. The van der Waals surface area contributed by atoms with Crippen LogP contribution in [-0.2, 0) is 22.7 Å². The number of unbranched alkanes of at least 4 members (excludes halogenated alkanes) is 30. The Morgan fingerprint density at radius 2 is 0.808 bits per heavy atom. The quantitative estimate of drug-likeness (QED) is 0.0152. The number of carbonyl (C=O) groups excluding carboxylic acids is 1. The molecule has 0 amide bonds. The number of rotatable bonds is 41. The highest BCUT2D eigenvalue weighted by molar-refractivity contribution is 7.98. The molecular formula is C60H94O11S2. The van der Waals surface area contributed by atoms with E-state index < -0.39 is 52.7 Å². The van der Waals surface area contributed by atoms with Gasteiger partial charge in [-0.2, -0.15) is 23.5 Å². The Hall–Kier alpha value is -3.97. The molecule has 0 aliphatic carbocycles. The first-order valence-corrected chi connectivity index (χ1v) is 30.9. The summed E-state index contributed by atoms with van der Waals surface area (Å²) in [5.74, 6) is -2.88. The number of aromatic hydroxyl groups is 8. The summed E-state index contributed by atoms with van der Waals surface area (Å²) in [6, 6.07) is 4.25. The SMILES string of the molecule is CCCCCCCCCCCCCCCCCCSCc1c(O)c(CSCCCCCCCCCCCCCCCCCC)c2c(c1O)C[C@@H](OC(=O)c1cc(O)c(O)c(O)c1)[C@@H](c1cc(O)c(O)c(O)c1)O2. The van der Waals surface area contributed by atoms with Crippen LogP contribution in [0.3, 0.4) is 0 Å². The van der Waals surface area contributed by atoms with Crippen molar-refractivity contribution in [1.29, 1.82) is 0 Å². The summed E-state index contributed by atoms with van der Waals surface area (Å²) >= 11 is 3.31. The molecule has 1 heterocycles. The predicted molar refractivity (Wildman–Crippen MR) is 300 cm³/mol. The van der Waals surface area contributed by atoms with Crippen LogP contribution in [0.4, 0.5) is 0 Å². The number of phenolic OH excluding ortho intramolecular Hbond substituents is 8. The molecule has 11 nitrogen and oxygen atoms in total. The molecule has 1 aliphatic heterocycles. The van der Waals surface area contributed by atoms with E-state index in [2.05, 4.69) is 13.8 Å². The molecule has 3 aromatic carbocycles. The van der Waals surface area contributed by atoms with Crippen LogP contribution in [0, 0.1) is 0 Å². The lowest BCUT2D eigenvalue weighted by Crippen LogP contribution is -2.35. The highest BCUT2D eigenvalue weighted by Crippen LogP contribution is 2.52. The highest BCUT2D eigenvalue weighted by Gasteiger charge is 2.40. The lowest BCUT2D eigenvalue weighted by Gasteiger charge is -2.36. The van der Waals surface area contributed by atoms with Crippen LogP contribution in [0.25, 0.3) is 0 Å². The van der Waals surface area contributed by atoms with Gasteiger partial charge in [0.25, 0.3) is 0 Å². The minimum Gasteiger partial charge on any atom is -0.507 e. The first kappa shape index (κ1) is 61.6. The zero-order chi connectivity index (χ0) is 52.6. The van der Waals surface area contributed by atoms with Gasteiger partial charge in [-0.05, 0) is 48.6 Å². The van der Waals surface area contributed by atoms with Crippen LogP contribution >= 0.6 is 23.5 Å². The van der Waals surface area contributed by atoms with E-state index in [0.29, 0.717) is 28.2 Å². The summed E-state index contributed by atoms with van der Waals surface area (Å²) in [7, 11) is 0. The van der Waals surface area contributed by atoms with Crippen molar-refractivity contribution < 1.29 is 55.1 Å². The highest BCUT2D eigenvalue weighted by atomic mass is 32.2. The number of fused-ring (bicyclic) bond motifs is 1. The van der Waals surface area contributed by atoms with Gasteiger partial charge in [-0.1, -0.05) is 206 Å². The normalized spacial score (nSPS) is 14.3. The molecule has 0 spiro atoms. The fourth-order valence-electron chi connectivity index (χ4n) is 9.94. The van der Waals surface area contributed by atoms with Gasteiger partial charge < -0.3 is 50.3 Å². The van der Waals surface area contributed by atoms with Crippen molar-refractivity contribution in [3.05, 3.63) is 52.1 Å². The third-order valence-electron chi connectivity index (χ3n) is 14.4. The van der Waals surface area contributed by atoms with E-state index in [4.69, 9.17) is 9.47 Å². The van der Waals surface area contributed by atoms with Crippen molar-refractivity contribution >= 4 is 29.5 Å². The van der Waals surface area contributed by atoms with Crippen molar-refractivity contribution in [3.63, 3.8) is 0 Å². The molecule has 1 aliphatic rings. The summed E-state index contributed by atoms with van der Waals surface area (Å²) in [4.78, 5) is 13.6. The molecule has 13 heteroatoms. The lowest BCUT2D eigenvalue weighted by atomic mass is 9.90. The second-order valence-corrected chi connectivity index (χ2v) is 22.8. The molecule has 0 aromatic heterocycles. The Kier molecular flexibility index (Phi) is 30.4. The largest absolute Gasteiger partial charge is 0.507 e. The lowest BCUT2D eigenvalue weighted by molar-refractivity contribution is -0.0192. The molecule has 0 bridgehead atoms. The number of esters is 1. The van der Waals surface area contributed by atoms with E-state index in [1.807, 2.05) is 0 Å². The number of hydrogen-bond donors (Lipinski definition) is 8. The molecule has 0 fully saturated rings. The summed E-state index contributed by atoms with van der Waals surface area (Å²) in [6.45, 7) is 4.53. The maximum Gasteiger partial charge on any atom is 0.338 e. The Bertz CT molecular complexity index is 1980. The molecule has 3 aromatic rings. The summed E-state index contributed by atoms with van der Waals surface area (Å²) in [6.07, 6.45) is 38.9. The van der Waals surface area contributed by atoms with E-state index in [1.165, 1.54) is 192 Å². The zero-order valence-corrected chi connectivity index (χ0v) is 46.4. The van der Waals surface area contributed by atoms with Crippen molar-refractivity contribution in [2.45, 2.75) is 249 Å². The van der Waals surface area contributed by atoms with E-state index in [1.54, 1.807) is 23.5 Å². The minimum absolute atomic E-state index is 0.0594. The standard InChI is InChI=1S/C60H94O11S2/c1-3-5-7-9-11-13-15-17-19-21-23-25-27-29-31-33-35-72-42-47-54(65)46-41-53(70-60(69)45-39-51(63)57(68)52(64)40-45)58(44-37-49(61)56(67)50(62)38-44)71-59(46)48(55(47)66)43-73-36-34-32-30-28-26-24-22-20-18-16-14-12-10-8-6-4-2/h37-40,53,58,61-68H,3-36,41-43H2,1-2H3/t53-,58-/m1/s1. The summed E-state index contributed by atoms with van der Waals surface area (Å²) in [5, 5.41) is 85.5. The van der Waals surface area contributed by atoms with Gasteiger partial charge in [0.2, 0.25) is 0 Å². The van der Waals surface area contributed by atoms with Gasteiger partial charge in [0.05, 0.1) is 5.56 Å². The van der Waals surface area contributed by atoms with Crippen LogP contribution in [0.1, 0.15) is 258 Å². The monoisotopic (exact) mass is 1050 g/mol. The van der Waals surface area contributed by atoms with Crippen LogP contribution in [0.2, 0.25) is 0 Å². The molecule has 412 valence electrons. The first-order valence-electron chi connectivity index (χ1n) is 28.6. The van der Waals surface area contributed by atoms with Gasteiger partial charge in [0.15, 0.2) is 40.6 Å². The van der Waals surface area contributed by atoms with E-state index >= 15 is 0 Å². The van der Waals surface area contributed by atoms with Gasteiger partial charge >= 0.3 is 5.97 Å². The molecule has 4 rings (SSSR count). The van der Waals surface area contributed by atoms with Gasteiger partial charge in [-0.25, -0.2) is 4.79 Å². The maximum atomic E-state index is 13.6. The molecule has 0 radical (unpaired) electrons. The van der Waals surface area contributed by atoms with Crippen LogP contribution in [0.5, 0.6) is 51.7 Å². The minimum atomic E-state index is -1.22. The number of thioether (sulfide) groups is 2. The summed E-state index contributed by atoms with van der Waals surface area (Å²) in [5.41, 5.74) is 1.05. The average molecular weight is 1060 g/mol. The number of phenols is 8. The smallest absolute Gasteiger partial charge is 0.338 e. The van der Waals surface area contributed by atoms with Crippen molar-refractivity contribution in [2.75, 3.05) is 11.5 Å². The topological polar surface area (TPSA) is 197 Å². The van der Waals surface area contributed by atoms with Crippen molar-refractivity contribution in [3.8, 4) is 51.7 Å². The molecular weight excluding hydrogens is 961 g/mol. The number of ether oxygens (including phenoxy) is 2. The van der Waals surface area contributed by atoms with E-state index in [0.717, 1.165) is 49.3 Å². The van der Waals surface area contributed by atoms with Crippen molar-refractivity contribution in [2.24, 2.45) is 0 Å². The second kappa shape index (κ2) is 36.1. The van der Waals surface area contributed by atoms with Crippen LogP contribution in [-0.4, -0.2) is 64.4 Å². The fourth-order valence-corrected chi connectivity index (χ4v) is 12.0. The van der Waals surface area contributed by atoms with Crippen LogP contribution in [0.15, 0.2) is 24.3 Å². The molecule has 2 atom stereocenters. The Morgan fingerprint density at radius 3 is 1.19 bits per heavy atom. The zero-order valence-electron chi connectivity index (χ0n) is 44.7. The number of hydrogen-bond acceptors (Lipinski definition) is 13. The fraction of sp³-hybridized carbons (Fsp3) is 0.683. The third-order valence-corrected chi connectivity index (χ3v) is 16.6. The van der Waals surface area contributed by atoms with Gasteiger partial charge in [0.1, 0.15) is 23.4 Å². The van der Waals surface area contributed by atoms with Crippen LogP contribution < -0.4 is 4.74 Å². The molecule has 73 heavy (non-hydrogen) atoms. The number of benzene rings is 3. The van der Waals surface area contributed by atoms with Crippen molar-refractivity contribution in [1.82, 2.24) is 0 Å². The number of carbonyl (C=O) groups is 1. The Labute approximate surface area is 447 Å². The third kappa shape index (κ3) is 22.0. The molecule has 0 saturated carbocycles. The maximum absolute atomic E-state index is 13.6. The van der Waals surface area contributed by atoms with Gasteiger partial charge in [-0.15, -0.1) is 0 Å². The molecule has 0 unspecified atom stereocenters. The molecule has 0 saturated heterocycles. The molecule has 8 N–H and O–H groups in total. The van der Waals surface area contributed by atoms with Gasteiger partial charge in [-0.3, -0.25) is 0 Å². The predicted octanol–water partition coefficient (Wildman–Crippen LogP) is 17.2. The van der Waals surface area contributed by atoms with E-state index in [9.17, 15) is 45.6 Å². The van der Waals surface area contributed by atoms with Gasteiger partial charge in [0, 0.05) is 40.2 Å². The average Bonchev–Trinajstić information content (AvgIpc) is 3.37. The second-order valence-electron chi connectivity index (χ2n) is 20.6.